The third kappa shape index (κ3) is 5.95. The number of anilines is 1. The Morgan fingerprint density at radius 1 is 1.00 bits per heavy atom. The lowest BCUT2D eigenvalue weighted by molar-refractivity contribution is -0.121. The number of nitrogens with zero attached hydrogens (tertiary/aromatic N) is 4. The summed E-state index contributed by atoms with van der Waals surface area (Å²) in [6.45, 7) is 6.89. The first kappa shape index (κ1) is 22.0. The SMILES string of the molecule is CC(CNC(=O)CCCc1nnc(-c2ccccc2)o1)N1CCN(c2ccccc2)CC1. The van der Waals surface area contributed by atoms with Gasteiger partial charge >= 0.3 is 0 Å². The normalized spacial score (nSPS) is 15.5. The Hall–Kier alpha value is -3.19. The van der Waals surface area contributed by atoms with Crippen molar-refractivity contribution < 1.29 is 9.21 Å². The highest BCUT2D eigenvalue weighted by Crippen LogP contribution is 2.18. The fourth-order valence-corrected chi connectivity index (χ4v) is 3.99. The summed E-state index contributed by atoms with van der Waals surface area (Å²) in [5, 5.41) is 11.3. The molecule has 2 aromatic carbocycles. The van der Waals surface area contributed by atoms with Crippen LogP contribution in [-0.2, 0) is 11.2 Å². The summed E-state index contributed by atoms with van der Waals surface area (Å²) in [5.41, 5.74) is 2.19. The molecule has 32 heavy (non-hydrogen) atoms. The van der Waals surface area contributed by atoms with Gasteiger partial charge in [-0.25, -0.2) is 0 Å². The summed E-state index contributed by atoms with van der Waals surface area (Å²) in [5.74, 6) is 1.16. The van der Waals surface area contributed by atoms with Crippen molar-refractivity contribution in [2.24, 2.45) is 0 Å². The van der Waals surface area contributed by atoms with E-state index in [4.69, 9.17) is 4.42 Å². The summed E-state index contributed by atoms with van der Waals surface area (Å²) in [7, 11) is 0. The zero-order chi connectivity index (χ0) is 22.2. The number of hydrogen-bond donors (Lipinski definition) is 1. The van der Waals surface area contributed by atoms with Crippen LogP contribution in [0, 0.1) is 0 Å². The molecular weight excluding hydrogens is 402 g/mol. The number of rotatable bonds is 9. The maximum Gasteiger partial charge on any atom is 0.247 e. The largest absolute Gasteiger partial charge is 0.421 e. The summed E-state index contributed by atoms with van der Waals surface area (Å²) >= 11 is 0. The molecule has 2 heterocycles. The minimum Gasteiger partial charge on any atom is -0.421 e. The lowest BCUT2D eigenvalue weighted by Gasteiger charge is -2.39. The van der Waals surface area contributed by atoms with E-state index in [1.54, 1.807) is 0 Å². The van der Waals surface area contributed by atoms with Gasteiger partial charge in [0, 0.05) is 62.9 Å². The van der Waals surface area contributed by atoms with Crippen LogP contribution >= 0.6 is 0 Å². The Morgan fingerprint density at radius 2 is 1.69 bits per heavy atom. The highest BCUT2D eigenvalue weighted by atomic mass is 16.4. The molecular formula is C25H31N5O2. The van der Waals surface area contributed by atoms with Crippen LogP contribution < -0.4 is 10.2 Å². The Bertz CT molecular complexity index is 968. The van der Waals surface area contributed by atoms with Crippen molar-refractivity contribution in [2.45, 2.75) is 32.2 Å². The van der Waals surface area contributed by atoms with Gasteiger partial charge in [-0.1, -0.05) is 36.4 Å². The van der Waals surface area contributed by atoms with Crippen molar-refractivity contribution in [1.29, 1.82) is 0 Å². The molecule has 1 amide bonds. The van der Waals surface area contributed by atoms with Crippen LogP contribution in [-0.4, -0.2) is 59.8 Å². The lowest BCUT2D eigenvalue weighted by Crippen LogP contribution is -2.52. The third-order valence-corrected chi connectivity index (χ3v) is 5.94. The first-order valence-corrected chi connectivity index (χ1v) is 11.4. The van der Waals surface area contributed by atoms with Gasteiger partial charge in [-0.15, -0.1) is 10.2 Å². The van der Waals surface area contributed by atoms with E-state index >= 15 is 0 Å². The predicted octanol–water partition coefficient (Wildman–Crippen LogP) is 3.39. The number of para-hydroxylation sites is 1. The second-order valence-corrected chi connectivity index (χ2v) is 8.23. The van der Waals surface area contributed by atoms with E-state index in [1.165, 1.54) is 5.69 Å². The molecule has 1 aromatic heterocycles. The molecule has 4 rings (SSSR count). The van der Waals surface area contributed by atoms with E-state index in [0.29, 0.717) is 43.6 Å². The highest BCUT2D eigenvalue weighted by molar-refractivity contribution is 5.75. The number of nitrogens with one attached hydrogen (secondary N) is 1. The highest BCUT2D eigenvalue weighted by Gasteiger charge is 2.21. The zero-order valence-corrected chi connectivity index (χ0v) is 18.6. The molecule has 168 valence electrons. The van der Waals surface area contributed by atoms with Crippen molar-refractivity contribution in [3.05, 3.63) is 66.6 Å². The smallest absolute Gasteiger partial charge is 0.247 e. The van der Waals surface area contributed by atoms with Gasteiger partial charge in [0.05, 0.1) is 0 Å². The van der Waals surface area contributed by atoms with E-state index in [1.807, 2.05) is 30.3 Å². The Morgan fingerprint density at radius 3 is 2.41 bits per heavy atom. The van der Waals surface area contributed by atoms with E-state index in [0.717, 1.165) is 31.7 Å². The minimum atomic E-state index is 0.0718. The fourth-order valence-electron chi connectivity index (χ4n) is 3.99. The Balaban J connectivity index is 1.13. The summed E-state index contributed by atoms with van der Waals surface area (Å²) < 4.78 is 5.71. The van der Waals surface area contributed by atoms with Crippen molar-refractivity contribution in [2.75, 3.05) is 37.6 Å². The number of aryl methyl sites for hydroxylation is 1. The molecule has 0 radical (unpaired) electrons. The predicted molar refractivity (Wildman–Crippen MR) is 125 cm³/mol. The van der Waals surface area contributed by atoms with Gasteiger partial charge in [0.1, 0.15) is 0 Å². The van der Waals surface area contributed by atoms with E-state index in [2.05, 4.69) is 62.6 Å². The second kappa shape index (κ2) is 10.9. The van der Waals surface area contributed by atoms with Gasteiger partial charge in [0.25, 0.3) is 0 Å². The molecule has 1 aliphatic rings. The lowest BCUT2D eigenvalue weighted by atomic mass is 10.2. The number of hydrogen-bond acceptors (Lipinski definition) is 6. The van der Waals surface area contributed by atoms with Crippen molar-refractivity contribution in [3.8, 4) is 11.5 Å². The maximum absolute atomic E-state index is 12.3. The number of amides is 1. The molecule has 7 nitrogen and oxygen atoms in total. The standard InChI is InChI=1S/C25H31N5O2/c1-20(29-15-17-30(18-16-29)22-11-6-3-7-12-22)19-26-23(31)13-8-14-24-27-28-25(32-24)21-9-4-2-5-10-21/h2-7,9-12,20H,8,13-19H2,1H3,(H,26,31). The number of carbonyl (C=O) groups is 1. The van der Waals surface area contributed by atoms with Gasteiger partial charge in [0.2, 0.25) is 17.7 Å². The monoisotopic (exact) mass is 433 g/mol. The van der Waals surface area contributed by atoms with Crippen LogP contribution in [0.3, 0.4) is 0 Å². The first-order chi connectivity index (χ1) is 15.7. The maximum atomic E-state index is 12.3. The average Bonchev–Trinajstić information content (AvgIpc) is 3.33. The topological polar surface area (TPSA) is 74.5 Å². The summed E-state index contributed by atoms with van der Waals surface area (Å²) in [4.78, 5) is 17.1. The molecule has 3 aromatic rings. The minimum absolute atomic E-state index is 0.0718. The fraction of sp³-hybridized carbons (Fsp3) is 0.400. The van der Waals surface area contributed by atoms with Gasteiger partial charge in [-0.3, -0.25) is 9.69 Å². The third-order valence-electron chi connectivity index (χ3n) is 5.94. The average molecular weight is 434 g/mol. The van der Waals surface area contributed by atoms with E-state index < -0.39 is 0 Å². The number of carbonyl (C=O) groups excluding carboxylic acids is 1. The number of piperazine rings is 1. The van der Waals surface area contributed by atoms with Gasteiger partial charge in [0.15, 0.2) is 0 Å². The molecule has 1 fully saturated rings. The van der Waals surface area contributed by atoms with Crippen LogP contribution in [0.2, 0.25) is 0 Å². The molecule has 1 saturated heterocycles. The molecule has 0 saturated carbocycles. The van der Waals surface area contributed by atoms with Crippen LogP contribution in [0.25, 0.3) is 11.5 Å². The zero-order valence-electron chi connectivity index (χ0n) is 18.6. The Kier molecular flexibility index (Phi) is 7.51. The van der Waals surface area contributed by atoms with Crippen LogP contribution in [0.1, 0.15) is 25.7 Å². The molecule has 7 heteroatoms. The van der Waals surface area contributed by atoms with Crippen molar-refractivity contribution in [1.82, 2.24) is 20.4 Å². The molecule has 1 unspecified atom stereocenters. The molecule has 1 N–H and O–H groups in total. The van der Waals surface area contributed by atoms with Crippen LogP contribution in [0.4, 0.5) is 5.69 Å². The van der Waals surface area contributed by atoms with Crippen LogP contribution in [0.5, 0.6) is 0 Å². The van der Waals surface area contributed by atoms with Crippen molar-refractivity contribution >= 4 is 11.6 Å². The second-order valence-electron chi connectivity index (χ2n) is 8.23. The van der Waals surface area contributed by atoms with E-state index in [9.17, 15) is 4.79 Å². The molecule has 0 bridgehead atoms. The summed E-state index contributed by atoms with van der Waals surface area (Å²) in [6, 6.07) is 20.6. The molecule has 1 aliphatic heterocycles. The molecule has 0 spiro atoms. The van der Waals surface area contributed by atoms with Gasteiger partial charge in [-0.2, -0.15) is 0 Å². The molecule has 0 aliphatic carbocycles. The molecule has 1 atom stereocenters. The number of aromatic nitrogens is 2. The quantitative estimate of drug-likeness (QED) is 0.558. The van der Waals surface area contributed by atoms with Crippen molar-refractivity contribution in [3.63, 3.8) is 0 Å². The van der Waals surface area contributed by atoms with Gasteiger partial charge < -0.3 is 14.6 Å². The summed E-state index contributed by atoms with van der Waals surface area (Å²) in [6.07, 6.45) is 1.74. The Labute approximate surface area is 189 Å². The first-order valence-electron chi connectivity index (χ1n) is 11.4. The van der Waals surface area contributed by atoms with Gasteiger partial charge in [-0.05, 0) is 37.6 Å². The van der Waals surface area contributed by atoms with E-state index in [-0.39, 0.29) is 5.91 Å². The number of benzene rings is 2. The van der Waals surface area contributed by atoms with Crippen LogP contribution in [0.15, 0.2) is 65.1 Å².